The lowest BCUT2D eigenvalue weighted by Gasteiger charge is -2.34. The molecule has 1 aromatic carbocycles. The molecule has 0 heterocycles. The van der Waals surface area contributed by atoms with Crippen molar-refractivity contribution in [1.82, 2.24) is 0 Å². The number of benzene rings is 1. The van der Waals surface area contributed by atoms with Gasteiger partial charge in [-0.1, -0.05) is 31.0 Å². The second kappa shape index (κ2) is 4.26. The van der Waals surface area contributed by atoms with Crippen molar-refractivity contribution in [2.45, 2.75) is 33.6 Å². The van der Waals surface area contributed by atoms with E-state index in [9.17, 15) is 0 Å². The number of hydrogen-bond donors (Lipinski definition) is 1. The fourth-order valence-corrected chi connectivity index (χ4v) is 2.29. The fraction of sp³-hybridized carbons (Fsp3) is 0.571. The molecule has 1 aromatic rings. The second-order valence-electron chi connectivity index (χ2n) is 5.01. The van der Waals surface area contributed by atoms with Crippen LogP contribution in [0.15, 0.2) is 18.2 Å². The Morgan fingerprint density at radius 1 is 1.27 bits per heavy atom. The number of rotatable bonds is 3. The molecular weight excluding hydrogens is 182 g/mol. The maximum Gasteiger partial charge on any atom is 0.0370 e. The Hall–Kier alpha value is -0.980. The summed E-state index contributed by atoms with van der Waals surface area (Å²) >= 11 is 0. The van der Waals surface area contributed by atoms with Crippen LogP contribution in [-0.2, 0) is 0 Å². The standard InChI is InChI=1S/C14H21N/c1-10-4-7-14(12(3)8-10)15-9-13-6-5-11(13)2/h4,7-8,11,13,15H,5-6,9H2,1-3H3/t11-,13-/m0/s1. The van der Waals surface area contributed by atoms with Gasteiger partial charge < -0.3 is 5.32 Å². The molecule has 1 nitrogen and oxygen atoms in total. The molecule has 0 unspecified atom stereocenters. The van der Waals surface area contributed by atoms with Crippen LogP contribution in [0.4, 0.5) is 5.69 Å². The summed E-state index contributed by atoms with van der Waals surface area (Å²) in [5.74, 6) is 1.81. The molecule has 0 aromatic heterocycles. The van der Waals surface area contributed by atoms with Crippen molar-refractivity contribution in [3.63, 3.8) is 0 Å². The minimum atomic E-state index is 0.894. The maximum absolute atomic E-state index is 3.57. The molecule has 0 spiro atoms. The summed E-state index contributed by atoms with van der Waals surface area (Å²) in [7, 11) is 0. The first-order valence-electron chi connectivity index (χ1n) is 5.98. The normalized spacial score (nSPS) is 24.7. The molecular formula is C14H21N. The number of aryl methyl sites for hydroxylation is 2. The molecule has 0 bridgehead atoms. The summed E-state index contributed by atoms with van der Waals surface area (Å²) in [5.41, 5.74) is 4.01. The van der Waals surface area contributed by atoms with E-state index in [4.69, 9.17) is 0 Å². The maximum atomic E-state index is 3.57. The van der Waals surface area contributed by atoms with E-state index < -0.39 is 0 Å². The van der Waals surface area contributed by atoms with Gasteiger partial charge in [-0.15, -0.1) is 0 Å². The molecule has 1 saturated carbocycles. The minimum absolute atomic E-state index is 0.894. The SMILES string of the molecule is Cc1ccc(NC[C@@H]2CC[C@@H]2C)c(C)c1. The zero-order valence-electron chi connectivity index (χ0n) is 10.0. The minimum Gasteiger partial charge on any atom is -0.385 e. The third-order valence-corrected chi connectivity index (χ3v) is 3.73. The Balaban J connectivity index is 1.93. The Morgan fingerprint density at radius 3 is 2.60 bits per heavy atom. The molecule has 0 aliphatic heterocycles. The van der Waals surface area contributed by atoms with E-state index in [2.05, 4.69) is 44.3 Å². The van der Waals surface area contributed by atoms with Gasteiger partial charge in [0.05, 0.1) is 0 Å². The summed E-state index contributed by atoms with van der Waals surface area (Å²) in [4.78, 5) is 0. The molecule has 2 rings (SSSR count). The first-order chi connectivity index (χ1) is 7.16. The van der Waals surface area contributed by atoms with Gasteiger partial charge in [0, 0.05) is 12.2 Å². The van der Waals surface area contributed by atoms with Gasteiger partial charge in [-0.05, 0) is 43.7 Å². The third-order valence-electron chi connectivity index (χ3n) is 3.73. The smallest absolute Gasteiger partial charge is 0.0370 e. The molecule has 0 amide bonds. The monoisotopic (exact) mass is 203 g/mol. The average molecular weight is 203 g/mol. The van der Waals surface area contributed by atoms with Crippen LogP contribution in [0, 0.1) is 25.7 Å². The summed E-state index contributed by atoms with van der Waals surface area (Å²) in [6.07, 6.45) is 2.82. The van der Waals surface area contributed by atoms with Gasteiger partial charge in [-0.3, -0.25) is 0 Å². The van der Waals surface area contributed by atoms with Crippen LogP contribution in [0.2, 0.25) is 0 Å². The Morgan fingerprint density at radius 2 is 2.07 bits per heavy atom. The molecule has 1 heteroatoms. The van der Waals surface area contributed by atoms with Crippen LogP contribution in [0.5, 0.6) is 0 Å². The molecule has 1 aliphatic carbocycles. The third kappa shape index (κ3) is 2.34. The van der Waals surface area contributed by atoms with Crippen molar-refractivity contribution in [2.75, 3.05) is 11.9 Å². The van der Waals surface area contributed by atoms with Gasteiger partial charge in [0.1, 0.15) is 0 Å². The quantitative estimate of drug-likeness (QED) is 0.788. The van der Waals surface area contributed by atoms with E-state index >= 15 is 0 Å². The number of nitrogens with one attached hydrogen (secondary N) is 1. The summed E-state index contributed by atoms with van der Waals surface area (Å²) in [5, 5.41) is 3.57. The van der Waals surface area contributed by atoms with Gasteiger partial charge >= 0.3 is 0 Å². The van der Waals surface area contributed by atoms with Crippen molar-refractivity contribution in [2.24, 2.45) is 11.8 Å². The molecule has 15 heavy (non-hydrogen) atoms. The van der Waals surface area contributed by atoms with E-state index in [1.165, 1.54) is 29.7 Å². The van der Waals surface area contributed by atoms with Crippen molar-refractivity contribution >= 4 is 5.69 Å². The molecule has 2 atom stereocenters. The van der Waals surface area contributed by atoms with Crippen LogP contribution < -0.4 is 5.32 Å². The molecule has 82 valence electrons. The van der Waals surface area contributed by atoms with Gasteiger partial charge in [-0.25, -0.2) is 0 Å². The van der Waals surface area contributed by atoms with E-state index in [-0.39, 0.29) is 0 Å². The van der Waals surface area contributed by atoms with E-state index in [0.717, 1.165) is 18.4 Å². The van der Waals surface area contributed by atoms with Crippen molar-refractivity contribution in [3.8, 4) is 0 Å². The van der Waals surface area contributed by atoms with Gasteiger partial charge in [0.15, 0.2) is 0 Å². The summed E-state index contributed by atoms with van der Waals surface area (Å²) < 4.78 is 0. The molecule has 1 fully saturated rings. The highest BCUT2D eigenvalue weighted by molar-refractivity contribution is 5.51. The zero-order valence-corrected chi connectivity index (χ0v) is 10.0. The van der Waals surface area contributed by atoms with Gasteiger partial charge in [0.2, 0.25) is 0 Å². The van der Waals surface area contributed by atoms with Crippen molar-refractivity contribution in [3.05, 3.63) is 29.3 Å². The molecule has 1 N–H and O–H groups in total. The Bertz CT molecular complexity index is 343. The zero-order chi connectivity index (χ0) is 10.8. The first kappa shape index (κ1) is 10.5. The van der Waals surface area contributed by atoms with Crippen molar-refractivity contribution in [1.29, 1.82) is 0 Å². The van der Waals surface area contributed by atoms with Gasteiger partial charge in [0.25, 0.3) is 0 Å². The van der Waals surface area contributed by atoms with Crippen molar-refractivity contribution < 1.29 is 0 Å². The van der Waals surface area contributed by atoms with Crippen LogP contribution in [0.3, 0.4) is 0 Å². The average Bonchev–Trinajstić information content (AvgIpc) is 2.19. The highest BCUT2D eigenvalue weighted by Gasteiger charge is 2.26. The topological polar surface area (TPSA) is 12.0 Å². The largest absolute Gasteiger partial charge is 0.385 e. The summed E-state index contributed by atoms with van der Waals surface area (Å²) in [6.45, 7) is 7.83. The lowest BCUT2D eigenvalue weighted by Crippen LogP contribution is -2.29. The summed E-state index contributed by atoms with van der Waals surface area (Å²) in [6, 6.07) is 6.63. The van der Waals surface area contributed by atoms with Crippen LogP contribution >= 0.6 is 0 Å². The number of hydrogen-bond acceptors (Lipinski definition) is 1. The van der Waals surface area contributed by atoms with Crippen LogP contribution in [-0.4, -0.2) is 6.54 Å². The highest BCUT2D eigenvalue weighted by atomic mass is 14.9. The molecule has 1 aliphatic rings. The highest BCUT2D eigenvalue weighted by Crippen LogP contribution is 2.33. The lowest BCUT2D eigenvalue weighted by atomic mass is 9.75. The fourth-order valence-electron chi connectivity index (χ4n) is 2.29. The Kier molecular flexibility index (Phi) is 2.99. The van der Waals surface area contributed by atoms with Crippen LogP contribution in [0.1, 0.15) is 30.9 Å². The predicted octanol–water partition coefficient (Wildman–Crippen LogP) is 3.76. The molecule has 0 saturated heterocycles. The first-order valence-corrected chi connectivity index (χ1v) is 5.98. The van der Waals surface area contributed by atoms with Gasteiger partial charge in [-0.2, -0.15) is 0 Å². The second-order valence-corrected chi connectivity index (χ2v) is 5.01. The predicted molar refractivity (Wildman–Crippen MR) is 66.3 cm³/mol. The lowest BCUT2D eigenvalue weighted by molar-refractivity contribution is 0.210. The van der Waals surface area contributed by atoms with E-state index in [0.29, 0.717) is 0 Å². The van der Waals surface area contributed by atoms with E-state index in [1.807, 2.05) is 0 Å². The van der Waals surface area contributed by atoms with Crippen LogP contribution in [0.25, 0.3) is 0 Å². The Labute approximate surface area is 92.9 Å². The van der Waals surface area contributed by atoms with E-state index in [1.54, 1.807) is 0 Å². The number of anilines is 1. The molecule has 0 radical (unpaired) electrons.